The van der Waals surface area contributed by atoms with Crippen molar-refractivity contribution in [1.29, 1.82) is 0 Å². The van der Waals surface area contributed by atoms with Crippen LogP contribution in [-0.2, 0) is 11.3 Å². The highest BCUT2D eigenvalue weighted by Crippen LogP contribution is 2.34. The van der Waals surface area contributed by atoms with E-state index in [9.17, 15) is 4.79 Å². The number of likely N-dealkylation sites (tertiary alicyclic amines) is 1. The van der Waals surface area contributed by atoms with Crippen LogP contribution >= 0.6 is 0 Å². The molecule has 3 aromatic rings. The van der Waals surface area contributed by atoms with Gasteiger partial charge in [0.2, 0.25) is 11.9 Å². The molecule has 0 saturated carbocycles. The minimum absolute atomic E-state index is 0.0860. The van der Waals surface area contributed by atoms with Crippen molar-refractivity contribution < 1.29 is 9.53 Å². The highest BCUT2D eigenvalue weighted by atomic mass is 16.5. The molecule has 0 spiro atoms. The van der Waals surface area contributed by atoms with Crippen LogP contribution in [0.1, 0.15) is 31.4 Å². The summed E-state index contributed by atoms with van der Waals surface area (Å²) in [4.78, 5) is 26.2. The number of anilines is 1. The zero-order chi connectivity index (χ0) is 22.5. The Hall–Kier alpha value is -3.42. The number of carbonyl (C=O) groups excluding carboxylic acids is 1. The SMILES string of the molecule is CCOc1ccc(-c2cnc(N(C)C)nc2[C@@H]2CCCN(C(=O)Cn3cccn3)C2)cc1. The molecule has 32 heavy (non-hydrogen) atoms. The molecule has 1 fully saturated rings. The van der Waals surface area contributed by atoms with Crippen LogP contribution in [0.25, 0.3) is 11.1 Å². The van der Waals surface area contributed by atoms with Gasteiger partial charge in [0, 0.05) is 57.3 Å². The fourth-order valence-corrected chi connectivity index (χ4v) is 4.09. The fraction of sp³-hybridized carbons (Fsp3) is 0.417. The summed E-state index contributed by atoms with van der Waals surface area (Å²) in [5.41, 5.74) is 3.04. The van der Waals surface area contributed by atoms with E-state index in [2.05, 4.69) is 10.1 Å². The Labute approximate surface area is 188 Å². The summed E-state index contributed by atoms with van der Waals surface area (Å²) in [5, 5.41) is 4.17. The fourth-order valence-electron chi connectivity index (χ4n) is 4.09. The Morgan fingerprint density at radius 3 is 2.75 bits per heavy atom. The summed E-state index contributed by atoms with van der Waals surface area (Å²) in [5.74, 6) is 1.75. The van der Waals surface area contributed by atoms with Gasteiger partial charge < -0.3 is 14.5 Å². The summed E-state index contributed by atoms with van der Waals surface area (Å²) in [7, 11) is 3.88. The summed E-state index contributed by atoms with van der Waals surface area (Å²) in [6, 6.07) is 9.88. The molecule has 0 bridgehead atoms. The van der Waals surface area contributed by atoms with Gasteiger partial charge in [-0.3, -0.25) is 9.48 Å². The molecule has 1 saturated heterocycles. The van der Waals surface area contributed by atoms with Gasteiger partial charge in [0.1, 0.15) is 12.3 Å². The van der Waals surface area contributed by atoms with E-state index in [4.69, 9.17) is 9.72 Å². The van der Waals surface area contributed by atoms with Crippen LogP contribution in [0.2, 0.25) is 0 Å². The van der Waals surface area contributed by atoms with Crippen LogP contribution in [0.15, 0.2) is 48.9 Å². The number of carbonyl (C=O) groups is 1. The van der Waals surface area contributed by atoms with E-state index in [1.165, 1.54) is 0 Å². The molecule has 1 aliphatic rings. The lowest BCUT2D eigenvalue weighted by molar-refractivity contribution is -0.133. The molecule has 168 valence electrons. The second-order valence-electron chi connectivity index (χ2n) is 8.20. The van der Waals surface area contributed by atoms with Crippen LogP contribution in [0, 0.1) is 0 Å². The number of aromatic nitrogens is 4. The van der Waals surface area contributed by atoms with E-state index in [1.54, 1.807) is 10.9 Å². The molecule has 0 unspecified atom stereocenters. The topological polar surface area (TPSA) is 76.4 Å². The molecular formula is C24H30N6O2. The third-order valence-corrected chi connectivity index (χ3v) is 5.70. The maximum Gasteiger partial charge on any atom is 0.244 e. The zero-order valence-electron chi connectivity index (χ0n) is 18.9. The zero-order valence-corrected chi connectivity index (χ0v) is 18.9. The average molecular weight is 435 g/mol. The molecule has 0 aliphatic carbocycles. The molecule has 8 heteroatoms. The first-order valence-corrected chi connectivity index (χ1v) is 11.1. The van der Waals surface area contributed by atoms with E-state index in [0.29, 0.717) is 19.1 Å². The summed E-state index contributed by atoms with van der Waals surface area (Å²) < 4.78 is 7.26. The van der Waals surface area contributed by atoms with Gasteiger partial charge in [-0.15, -0.1) is 0 Å². The molecule has 1 aliphatic heterocycles. The van der Waals surface area contributed by atoms with Crippen molar-refractivity contribution in [3.8, 4) is 16.9 Å². The molecule has 1 atom stereocenters. The predicted molar refractivity (Wildman–Crippen MR) is 124 cm³/mol. The van der Waals surface area contributed by atoms with E-state index in [1.807, 2.05) is 73.5 Å². The van der Waals surface area contributed by atoms with Gasteiger partial charge in [0.15, 0.2) is 0 Å². The van der Waals surface area contributed by atoms with Crippen molar-refractivity contribution in [3.05, 3.63) is 54.6 Å². The molecule has 1 amide bonds. The first-order chi connectivity index (χ1) is 15.5. The number of benzene rings is 1. The Balaban J connectivity index is 1.61. The van der Waals surface area contributed by atoms with Crippen molar-refractivity contribution in [2.24, 2.45) is 0 Å². The van der Waals surface area contributed by atoms with Crippen LogP contribution in [0.5, 0.6) is 5.75 Å². The second kappa shape index (κ2) is 9.80. The first kappa shape index (κ1) is 21.8. The third kappa shape index (κ3) is 4.90. The standard InChI is InChI=1S/C24H30N6O2/c1-4-32-20-10-8-18(9-11-20)21-15-25-24(28(2)3)27-23(21)19-7-5-13-29(16-19)22(31)17-30-14-6-12-26-30/h6,8-12,14-15,19H,4-5,7,13,16-17H2,1-3H3/t19-/m1/s1. The van der Waals surface area contributed by atoms with E-state index in [-0.39, 0.29) is 18.4 Å². The van der Waals surface area contributed by atoms with Gasteiger partial charge >= 0.3 is 0 Å². The highest BCUT2D eigenvalue weighted by Gasteiger charge is 2.28. The Morgan fingerprint density at radius 2 is 2.06 bits per heavy atom. The monoisotopic (exact) mass is 434 g/mol. The average Bonchev–Trinajstić information content (AvgIpc) is 3.32. The number of amides is 1. The van der Waals surface area contributed by atoms with Crippen molar-refractivity contribution in [2.75, 3.05) is 38.7 Å². The van der Waals surface area contributed by atoms with Crippen LogP contribution in [0.4, 0.5) is 5.95 Å². The van der Waals surface area contributed by atoms with Gasteiger partial charge in [-0.2, -0.15) is 5.10 Å². The van der Waals surface area contributed by atoms with Crippen molar-refractivity contribution in [3.63, 3.8) is 0 Å². The molecule has 1 aromatic carbocycles. The minimum Gasteiger partial charge on any atom is -0.494 e. The summed E-state index contributed by atoms with van der Waals surface area (Å²) in [6.07, 6.45) is 7.34. The second-order valence-corrected chi connectivity index (χ2v) is 8.20. The van der Waals surface area contributed by atoms with Gasteiger partial charge in [0.05, 0.1) is 12.3 Å². The lowest BCUT2D eigenvalue weighted by atomic mass is 9.90. The third-order valence-electron chi connectivity index (χ3n) is 5.70. The van der Waals surface area contributed by atoms with Gasteiger partial charge in [-0.1, -0.05) is 12.1 Å². The summed E-state index contributed by atoms with van der Waals surface area (Å²) in [6.45, 7) is 4.28. The molecule has 8 nitrogen and oxygen atoms in total. The number of piperidine rings is 1. The lowest BCUT2D eigenvalue weighted by Gasteiger charge is -2.33. The normalized spacial score (nSPS) is 16.1. The number of rotatable bonds is 7. The van der Waals surface area contributed by atoms with E-state index >= 15 is 0 Å². The molecule has 0 radical (unpaired) electrons. The van der Waals surface area contributed by atoms with Crippen LogP contribution < -0.4 is 9.64 Å². The van der Waals surface area contributed by atoms with Gasteiger partial charge in [0.25, 0.3) is 0 Å². The van der Waals surface area contributed by atoms with E-state index < -0.39 is 0 Å². The number of hydrogen-bond acceptors (Lipinski definition) is 6. The largest absolute Gasteiger partial charge is 0.494 e. The molecular weight excluding hydrogens is 404 g/mol. The van der Waals surface area contributed by atoms with Gasteiger partial charge in [-0.25, -0.2) is 9.97 Å². The number of ether oxygens (including phenoxy) is 1. The predicted octanol–water partition coefficient (Wildman–Crippen LogP) is 3.21. The quantitative estimate of drug-likeness (QED) is 0.568. The number of hydrogen-bond donors (Lipinski definition) is 0. The van der Waals surface area contributed by atoms with Crippen molar-refractivity contribution in [2.45, 2.75) is 32.2 Å². The maximum absolute atomic E-state index is 12.9. The Kier molecular flexibility index (Phi) is 6.68. The Bertz CT molecular complexity index is 1030. The van der Waals surface area contributed by atoms with E-state index in [0.717, 1.165) is 42.0 Å². The van der Waals surface area contributed by atoms with Gasteiger partial charge in [-0.05, 0) is 43.5 Å². The lowest BCUT2D eigenvalue weighted by Crippen LogP contribution is -2.41. The molecule has 2 aromatic heterocycles. The van der Waals surface area contributed by atoms with Crippen LogP contribution in [-0.4, -0.2) is 64.3 Å². The molecule has 3 heterocycles. The van der Waals surface area contributed by atoms with Crippen molar-refractivity contribution in [1.82, 2.24) is 24.6 Å². The highest BCUT2D eigenvalue weighted by molar-refractivity contribution is 5.76. The molecule has 4 rings (SSSR count). The first-order valence-electron chi connectivity index (χ1n) is 11.1. The maximum atomic E-state index is 12.9. The van der Waals surface area contributed by atoms with Crippen molar-refractivity contribution >= 4 is 11.9 Å². The summed E-state index contributed by atoms with van der Waals surface area (Å²) >= 11 is 0. The van der Waals surface area contributed by atoms with Crippen LogP contribution in [0.3, 0.4) is 0 Å². The number of nitrogens with zero attached hydrogens (tertiary/aromatic N) is 6. The Morgan fingerprint density at radius 1 is 1.25 bits per heavy atom. The molecule has 0 N–H and O–H groups in total. The minimum atomic E-state index is 0.0860. The smallest absolute Gasteiger partial charge is 0.244 e.